The number of hydrogen-bond acceptors (Lipinski definition) is 2. The summed E-state index contributed by atoms with van der Waals surface area (Å²) < 4.78 is 0. The molecule has 0 saturated carbocycles. The molecule has 0 aliphatic heterocycles. The van der Waals surface area contributed by atoms with Crippen LogP contribution in [0.2, 0.25) is 0 Å². The normalized spacial score (nSPS) is 17.5. The number of aryl methyl sites for hydroxylation is 4. The molecule has 2 aliphatic carbocycles. The molecule has 0 fully saturated rings. The molecule has 2 nitrogen and oxygen atoms in total. The Morgan fingerprint density at radius 1 is 0.421 bits per heavy atom. The van der Waals surface area contributed by atoms with Crippen LogP contribution >= 0.6 is 0 Å². The molecule has 0 amide bonds. The summed E-state index contributed by atoms with van der Waals surface area (Å²) in [5, 5.41) is 0. The van der Waals surface area contributed by atoms with Crippen LogP contribution in [0.15, 0.2) is 72.8 Å². The molecular weight excluding hydrogens is 464 g/mol. The highest BCUT2D eigenvalue weighted by atomic mass is 16.1. The molecule has 0 aromatic heterocycles. The maximum atomic E-state index is 13.9. The van der Waals surface area contributed by atoms with E-state index in [1.807, 2.05) is 12.1 Å². The second-order valence-corrected chi connectivity index (χ2v) is 10.7. The summed E-state index contributed by atoms with van der Waals surface area (Å²) in [6.45, 7) is 8.58. The van der Waals surface area contributed by atoms with Crippen molar-refractivity contribution >= 4 is 11.6 Å². The lowest BCUT2D eigenvalue weighted by atomic mass is 9.63. The van der Waals surface area contributed by atoms with Gasteiger partial charge in [-0.1, -0.05) is 88.4 Å². The quantitative estimate of drug-likeness (QED) is 0.279. The van der Waals surface area contributed by atoms with Crippen LogP contribution < -0.4 is 0 Å². The van der Waals surface area contributed by atoms with E-state index in [-0.39, 0.29) is 23.4 Å². The van der Waals surface area contributed by atoms with Gasteiger partial charge in [0, 0.05) is 34.1 Å². The van der Waals surface area contributed by atoms with Gasteiger partial charge in [0.25, 0.3) is 0 Å². The van der Waals surface area contributed by atoms with E-state index < -0.39 is 0 Å². The van der Waals surface area contributed by atoms with Crippen LogP contribution in [-0.2, 0) is 25.7 Å². The Hall–Kier alpha value is -3.78. The molecule has 2 atom stereocenters. The molecule has 38 heavy (non-hydrogen) atoms. The fourth-order valence-corrected chi connectivity index (χ4v) is 6.52. The average molecular weight is 499 g/mol. The van der Waals surface area contributed by atoms with E-state index in [1.165, 1.54) is 22.3 Å². The third-order valence-electron chi connectivity index (χ3n) is 8.75. The number of carbonyl (C=O) groups excluding carboxylic acids is 2. The van der Waals surface area contributed by atoms with Crippen LogP contribution in [0.1, 0.15) is 116 Å². The summed E-state index contributed by atoms with van der Waals surface area (Å²) in [6, 6.07) is 25.6. The molecule has 6 rings (SSSR count). The fraction of sp³-hybridized carbons (Fsp3) is 0.278. The second kappa shape index (κ2) is 9.51. The minimum absolute atomic E-state index is 0.0553. The van der Waals surface area contributed by atoms with Crippen molar-refractivity contribution in [2.75, 3.05) is 0 Å². The zero-order valence-corrected chi connectivity index (χ0v) is 22.7. The Bertz CT molecular complexity index is 1490. The van der Waals surface area contributed by atoms with E-state index in [0.29, 0.717) is 0 Å². The van der Waals surface area contributed by atoms with Crippen molar-refractivity contribution in [3.05, 3.63) is 140 Å². The minimum atomic E-state index is -0.0553. The topological polar surface area (TPSA) is 34.1 Å². The first-order valence-electron chi connectivity index (χ1n) is 14.1. The molecule has 2 unspecified atom stereocenters. The molecule has 0 bridgehead atoms. The van der Waals surface area contributed by atoms with E-state index in [9.17, 15) is 9.59 Å². The number of rotatable bonds is 5. The van der Waals surface area contributed by atoms with E-state index in [2.05, 4.69) is 88.4 Å². The maximum absolute atomic E-state index is 13.9. The smallest absolute Gasteiger partial charge is 0.193 e. The summed E-state index contributed by atoms with van der Waals surface area (Å²) >= 11 is 0. The molecule has 190 valence electrons. The third-order valence-corrected chi connectivity index (χ3v) is 8.75. The number of carbonyl (C=O) groups is 2. The van der Waals surface area contributed by atoms with Crippen LogP contribution in [-0.4, -0.2) is 11.6 Å². The molecular formula is C36H34O2. The zero-order chi connectivity index (χ0) is 26.6. The highest BCUT2D eigenvalue weighted by Crippen LogP contribution is 2.52. The summed E-state index contributed by atoms with van der Waals surface area (Å²) in [5.41, 5.74) is 12.3. The molecule has 0 N–H and O–H groups in total. The van der Waals surface area contributed by atoms with Crippen molar-refractivity contribution < 1.29 is 9.59 Å². The van der Waals surface area contributed by atoms with E-state index in [1.54, 1.807) is 0 Å². The van der Waals surface area contributed by atoms with E-state index in [0.717, 1.165) is 70.2 Å². The standard InChI is InChI=1S/C36H34O2/c1-5-21-11-15-27-29(17-21)33(25-13-9-23(7-3)19-31(25)35(27)37)34-26-14-10-24(8-4)20-32(26)36(38)28-16-12-22(6-2)18-30(28)34/h9-20,33-34H,5-8H2,1-4H3. The van der Waals surface area contributed by atoms with Crippen LogP contribution in [0.4, 0.5) is 0 Å². The van der Waals surface area contributed by atoms with Gasteiger partial charge in [-0.2, -0.15) is 0 Å². The highest BCUT2D eigenvalue weighted by Gasteiger charge is 2.42. The highest BCUT2D eigenvalue weighted by molar-refractivity contribution is 6.15. The van der Waals surface area contributed by atoms with Crippen molar-refractivity contribution in [2.45, 2.75) is 65.2 Å². The Balaban J connectivity index is 1.70. The summed E-state index contributed by atoms with van der Waals surface area (Å²) in [4.78, 5) is 27.8. The number of ketones is 2. The van der Waals surface area contributed by atoms with Gasteiger partial charge in [-0.25, -0.2) is 0 Å². The third kappa shape index (κ3) is 3.69. The van der Waals surface area contributed by atoms with E-state index >= 15 is 0 Å². The zero-order valence-electron chi connectivity index (χ0n) is 22.7. The van der Waals surface area contributed by atoms with Crippen LogP contribution in [0, 0.1) is 0 Å². The van der Waals surface area contributed by atoms with Gasteiger partial charge in [0.2, 0.25) is 0 Å². The Morgan fingerprint density at radius 3 is 1.13 bits per heavy atom. The van der Waals surface area contributed by atoms with E-state index in [4.69, 9.17) is 0 Å². The predicted molar refractivity (Wildman–Crippen MR) is 154 cm³/mol. The molecule has 0 spiro atoms. The number of benzene rings is 4. The lowest BCUT2D eigenvalue weighted by Gasteiger charge is -2.38. The van der Waals surface area contributed by atoms with Gasteiger partial charge in [-0.05, 0) is 82.3 Å². The Morgan fingerprint density at radius 2 is 0.763 bits per heavy atom. The molecule has 4 aromatic carbocycles. The van der Waals surface area contributed by atoms with Gasteiger partial charge in [0.15, 0.2) is 11.6 Å². The number of fused-ring (bicyclic) bond motifs is 4. The summed E-state index contributed by atoms with van der Waals surface area (Å²) in [7, 11) is 0. The lowest BCUT2D eigenvalue weighted by molar-refractivity contribution is 0.102. The van der Waals surface area contributed by atoms with Crippen molar-refractivity contribution in [1.82, 2.24) is 0 Å². The Kier molecular flexibility index (Phi) is 6.14. The first-order chi connectivity index (χ1) is 18.5. The minimum Gasteiger partial charge on any atom is -0.289 e. The summed E-state index contributed by atoms with van der Waals surface area (Å²) in [5.74, 6) is 0.112. The lowest BCUT2D eigenvalue weighted by Crippen LogP contribution is -2.29. The molecule has 4 aromatic rings. The SMILES string of the molecule is CCc1ccc2c(c1)C(=O)c1ccc(CC)cc1C2C1c2ccc(CC)cc2C(=O)c2ccc(CC)cc21. The summed E-state index contributed by atoms with van der Waals surface area (Å²) in [6.07, 6.45) is 3.59. The van der Waals surface area contributed by atoms with Gasteiger partial charge in [-0.15, -0.1) is 0 Å². The van der Waals surface area contributed by atoms with Crippen molar-refractivity contribution in [2.24, 2.45) is 0 Å². The van der Waals surface area contributed by atoms with Crippen LogP contribution in [0.25, 0.3) is 0 Å². The monoisotopic (exact) mass is 498 g/mol. The van der Waals surface area contributed by atoms with Gasteiger partial charge in [0.05, 0.1) is 0 Å². The Labute approximate surface area is 225 Å². The molecule has 2 aliphatic rings. The molecule has 0 heterocycles. The molecule has 2 heteroatoms. The van der Waals surface area contributed by atoms with Gasteiger partial charge in [0.1, 0.15) is 0 Å². The van der Waals surface area contributed by atoms with Crippen molar-refractivity contribution in [1.29, 1.82) is 0 Å². The van der Waals surface area contributed by atoms with Crippen molar-refractivity contribution in [3.8, 4) is 0 Å². The first-order valence-corrected chi connectivity index (χ1v) is 14.1. The van der Waals surface area contributed by atoms with Gasteiger partial charge in [-0.3, -0.25) is 9.59 Å². The fourth-order valence-electron chi connectivity index (χ4n) is 6.52. The van der Waals surface area contributed by atoms with Gasteiger partial charge >= 0.3 is 0 Å². The maximum Gasteiger partial charge on any atom is 0.193 e. The number of hydrogen-bond donors (Lipinski definition) is 0. The predicted octanol–water partition coefficient (Wildman–Crippen LogP) is 7.99. The van der Waals surface area contributed by atoms with Gasteiger partial charge < -0.3 is 0 Å². The van der Waals surface area contributed by atoms with Crippen LogP contribution in [0.3, 0.4) is 0 Å². The molecule has 0 radical (unpaired) electrons. The first kappa shape index (κ1) is 24.6. The average Bonchev–Trinajstić information content (AvgIpc) is 2.97. The van der Waals surface area contributed by atoms with Crippen molar-refractivity contribution in [3.63, 3.8) is 0 Å². The molecule has 0 saturated heterocycles. The van der Waals surface area contributed by atoms with Crippen LogP contribution in [0.5, 0.6) is 0 Å². The largest absolute Gasteiger partial charge is 0.289 e. The second-order valence-electron chi connectivity index (χ2n) is 10.7.